The zero-order valence-corrected chi connectivity index (χ0v) is 16.5. The lowest BCUT2D eigenvalue weighted by Crippen LogP contribution is -2.29. The van der Waals surface area contributed by atoms with E-state index in [-0.39, 0.29) is 11.8 Å². The summed E-state index contributed by atoms with van der Waals surface area (Å²) in [6.07, 6.45) is 4.30. The van der Waals surface area contributed by atoms with E-state index in [9.17, 15) is 9.59 Å². The molecule has 27 heavy (non-hydrogen) atoms. The van der Waals surface area contributed by atoms with Gasteiger partial charge in [0.15, 0.2) is 0 Å². The fourth-order valence-electron chi connectivity index (χ4n) is 2.55. The maximum Gasteiger partial charge on any atom is 0.266 e. The first-order valence-corrected chi connectivity index (χ1v) is 9.78. The fourth-order valence-corrected chi connectivity index (χ4v) is 3.86. The largest absolute Gasteiger partial charge is 0.311 e. The second kappa shape index (κ2) is 8.92. The molecule has 2 aromatic rings. The average molecular weight is 398 g/mol. The molecule has 2 amide bonds. The maximum absolute atomic E-state index is 12.6. The highest BCUT2D eigenvalue weighted by molar-refractivity contribution is 8.26. The number of anilines is 1. The van der Waals surface area contributed by atoms with Crippen molar-refractivity contribution in [2.45, 2.75) is 19.8 Å². The Morgan fingerprint density at radius 2 is 2.04 bits per heavy atom. The summed E-state index contributed by atoms with van der Waals surface area (Å²) in [6, 6.07) is 13.3. The summed E-state index contributed by atoms with van der Waals surface area (Å²) in [7, 11) is 0. The summed E-state index contributed by atoms with van der Waals surface area (Å²) in [4.78, 5) is 30.8. The number of hydrogen-bond acceptors (Lipinski definition) is 5. The van der Waals surface area contributed by atoms with Crippen LogP contribution in [0, 0.1) is 6.92 Å². The Bertz CT molecular complexity index is 880. The summed E-state index contributed by atoms with van der Waals surface area (Å²) < 4.78 is 0.531. The Labute approximate surface area is 167 Å². The third-order valence-corrected chi connectivity index (χ3v) is 5.34. The molecule has 0 aliphatic carbocycles. The lowest BCUT2D eigenvalue weighted by molar-refractivity contribution is -0.122. The van der Waals surface area contributed by atoms with E-state index in [4.69, 9.17) is 12.2 Å². The van der Waals surface area contributed by atoms with Gasteiger partial charge in [-0.25, -0.2) is 4.98 Å². The Kier molecular flexibility index (Phi) is 6.36. The molecule has 1 aliphatic rings. The van der Waals surface area contributed by atoms with E-state index in [1.54, 1.807) is 23.2 Å². The van der Waals surface area contributed by atoms with Gasteiger partial charge in [-0.3, -0.25) is 14.5 Å². The summed E-state index contributed by atoms with van der Waals surface area (Å²) in [5.41, 5.74) is 2.14. The van der Waals surface area contributed by atoms with Crippen molar-refractivity contribution in [2.75, 3.05) is 11.9 Å². The number of rotatable bonds is 6. The first kappa shape index (κ1) is 19.3. The van der Waals surface area contributed by atoms with E-state index in [0.717, 1.165) is 5.56 Å². The van der Waals surface area contributed by atoms with Crippen molar-refractivity contribution in [1.29, 1.82) is 0 Å². The van der Waals surface area contributed by atoms with Gasteiger partial charge in [0.2, 0.25) is 5.91 Å². The van der Waals surface area contributed by atoms with E-state index < -0.39 is 0 Å². The number of carbonyl (C=O) groups is 2. The van der Waals surface area contributed by atoms with Crippen molar-refractivity contribution in [2.24, 2.45) is 0 Å². The van der Waals surface area contributed by atoms with Crippen LogP contribution in [0.15, 0.2) is 53.6 Å². The smallest absolute Gasteiger partial charge is 0.266 e. The number of carbonyl (C=O) groups excluding carboxylic acids is 2. The molecule has 0 unspecified atom stereocenters. The molecule has 1 saturated heterocycles. The topological polar surface area (TPSA) is 62.3 Å². The molecule has 1 N–H and O–H groups in total. The highest BCUT2D eigenvalue weighted by Gasteiger charge is 2.31. The van der Waals surface area contributed by atoms with Crippen LogP contribution in [0.3, 0.4) is 0 Å². The van der Waals surface area contributed by atoms with Gasteiger partial charge in [0.05, 0.1) is 4.91 Å². The van der Waals surface area contributed by atoms with Crippen LogP contribution >= 0.6 is 24.0 Å². The van der Waals surface area contributed by atoms with Gasteiger partial charge in [0.1, 0.15) is 10.1 Å². The zero-order valence-electron chi connectivity index (χ0n) is 14.8. The molecular weight excluding hydrogens is 378 g/mol. The lowest BCUT2D eigenvalue weighted by Gasteiger charge is -2.14. The van der Waals surface area contributed by atoms with Crippen LogP contribution in [0.25, 0.3) is 6.08 Å². The van der Waals surface area contributed by atoms with Crippen LogP contribution in [0.2, 0.25) is 0 Å². The molecule has 0 spiro atoms. The highest BCUT2D eigenvalue weighted by atomic mass is 32.2. The van der Waals surface area contributed by atoms with Gasteiger partial charge in [0, 0.05) is 19.2 Å². The summed E-state index contributed by atoms with van der Waals surface area (Å²) in [6.45, 7) is 2.44. The highest BCUT2D eigenvalue weighted by Crippen LogP contribution is 2.32. The molecule has 0 atom stereocenters. The summed E-state index contributed by atoms with van der Waals surface area (Å²) in [5.74, 6) is 0.291. The molecule has 2 heterocycles. The molecule has 1 aromatic carbocycles. The molecular formula is C20H19N3O2S2. The first-order valence-electron chi connectivity index (χ1n) is 8.56. The normalized spacial score (nSPS) is 15.4. The second-order valence-corrected chi connectivity index (χ2v) is 7.79. The van der Waals surface area contributed by atoms with Crippen LogP contribution in [0.5, 0.6) is 0 Å². The van der Waals surface area contributed by atoms with Gasteiger partial charge in [-0.1, -0.05) is 59.9 Å². The number of amides is 2. The van der Waals surface area contributed by atoms with Crippen LogP contribution in [-0.4, -0.2) is 32.6 Å². The van der Waals surface area contributed by atoms with Crippen molar-refractivity contribution in [3.05, 3.63) is 64.7 Å². The van der Waals surface area contributed by atoms with Gasteiger partial charge in [0.25, 0.3) is 5.91 Å². The Morgan fingerprint density at radius 3 is 2.74 bits per heavy atom. The van der Waals surface area contributed by atoms with Gasteiger partial charge in [-0.2, -0.15) is 0 Å². The molecule has 1 fully saturated rings. The third-order valence-electron chi connectivity index (χ3n) is 3.97. The van der Waals surface area contributed by atoms with Gasteiger partial charge >= 0.3 is 0 Å². The van der Waals surface area contributed by atoms with Crippen molar-refractivity contribution in [1.82, 2.24) is 9.88 Å². The van der Waals surface area contributed by atoms with Crippen LogP contribution < -0.4 is 5.32 Å². The minimum absolute atomic E-state index is 0.101. The molecule has 0 saturated carbocycles. The number of aryl methyl sites for hydroxylation is 1. The third kappa shape index (κ3) is 5.24. The molecule has 0 bridgehead atoms. The summed E-state index contributed by atoms with van der Waals surface area (Å²) in [5, 5.41) is 2.73. The quantitative estimate of drug-likeness (QED) is 0.589. The predicted molar refractivity (Wildman–Crippen MR) is 113 cm³/mol. The van der Waals surface area contributed by atoms with Crippen LogP contribution in [0.4, 0.5) is 5.82 Å². The second-order valence-electron chi connectivity index (χ2n) is 6.11. The minimum Gasteiger partial charge on any atom is -0.311 e. The van der Waals surface area contributed by atoms with Crippen molar-refractivity contribution < 1.29 is 9.59 Å². The maximum atomic E-state index is 12.6. The molecule has 5 nitrogen and oxygen atoms in total. The first-order chi connectivity index (χ1) is 13.0. The molecule has 7 heteroatoms. The van der Waals surface area contributed by atoms with Crippen LogP contribution in [0.1, 0.15) is 24.0 Å². The van der Waals surface area contributed by atoms with Gasteiger partial charge < -0.3 is 5.32 Å². The number of thioether (sulfide) groups is 1. The summed E-state index contributed by atoms with van der Waals surface area (Å²) >= 11 is 6.63. The van der Waals surface area contributed by atoms with E-state index in [2.05, 4.69) is 10.3 Å². The lowest BCUT2D eigenvalue weighted by atomic mass is 10.1. The molecule has 1 aliphatic heterocycles. The predicted octanol–water partition coefficient (Wildman–Crippen LogP) is 4.01. The number of nitrogens with one attached hydrogen (secondary N) is 1. The van der Waals surface area contributed by atoms with Crippen LogP contribution in [-0.2, 0) is 9.59 Å². The van der Waals surface area contributed by atoms with Gasteiger partial charge in [-0.05, 0) is 37.1 Å². The average Bonchev–Trinajstić information content (AvgIpc) is 2.92. The molecule has 3 rings (SSSR count). The van der Waals surface area contributed by atoms with Crippen molar-refractivity contribution >= 4 is 52.0 Å². The van der Waals surface area contributed by atoms with Crippen molar-refractivity contribution in [3.63, 3.8) is 0 Å². The van der Waals surface area contributed by atoms with E-state index >= 15 is 0 Å². The van der Waals surface area contributed by atoms with Crippen molar-refractivity contribution in [3.8, 4) is 0 Å². The molecule has 0 radical (unpaired) electrons. The Balaban J connectivity index is 1.53. The fraction of sp³-hybridized carbons (Fsp3) is 0.200. The monoisotopic (exact) mass is 397 g/mol. The van der Waals surface area contributed by atoms with E-state index in [0.29, 0.717) is 34.4 Å². The number of nitrogens with zero attached hydrogens (tertiary/aromatic N) is 2. The van der Waals surface area contributed by atoms with Gasteiger partial charge in [-0.15, -0.1) is 0 Å². The van der Waals surface area contributed by atoms with E-state index in [1.807, 2.05) is 43.3 Å². The Morgan fingerprint density at radius 1 is 1.26 bits per heavy atom. The number of pyridine rings is 1. The number of thiocarbonyl (C=S) groups is 1. The number of aromatic nitrogens is 1. The standard InChI is InChI=1S/C20H19N3O2S2/c1-14-7-9-15(10-8-14)13-16-19(25)23(20(26)27-16)12-4-6-18(24)22-17-5-2-3-11-21-17/h2-3,5,7-11,13H,4,6,12H2,1H3,(H,21,22,24)/b16-13+. The Hall–Kier alpha value is -2.51. The SMILES string of the molecule is Cc1ccc(/C=C2/SC(=S)N(CCCC(=O)Nc3ccccn3)C2=O)cc1. The number of benzene rings is 1. The molecule has 1 aromatic heterocycles. The number of hydrogen-bond donors (Lipinski definition) is 1. The molecule has 138 valence electrons. The zero-order chi connectivity index (χ0) is 19.2. The van der Waals surface area contributed by atoms with E-state index in [1.165, 1.54) is 17.3 Å². The minimum atomic E-state index is -0.130.